The van der Waals surface area contributed by atoms with E-state index >= 15 is 0 Å². The van der Waals surface area contributed by atoms with Crippen molar-refractivity contribution in [2.45, 2.75) is 6.92 Å². The van der Waals surface area contributed by atoms with Crippen molar-refractivity contribution in [2.24, 2.45) is 0 Å². The summed E-state index contributed by atoms with van der Waals surface area (Å²) in [5.74, 6) is -0.576. The monoisotopic (exact) mass is 376 g/mol. The third-order valence-electron chi connectivity index (χ3n) is 3.22. The number of hydrogen-bond donors (Lipinski definition) is 2. The molecule has 0 saturated heterocycles. The van der Waals surface area contributed by atoms with Crippen LogP contribution in [0.15, 0.2) is 46.9 Å². The van der Waals surface area contributed by atoms with Crippen molar-refractivity contribution in [1.82, 2.24) is 0 Å². The molecule has 0 atom stereocenters. The van der Waals surface area contributed by atoms with E-state index in [9.17, 15) is 9.59 Å². The van der Waals surface area contributed by atoms with E-state index in [1.165, 1.54) is 7.11 Å². The molecule has 0 radical (unpaired) electrons. The van der Waals surface area contributed by atoms with E-state index in [1.807, 2.05) is 25.1 Å². The number of amides is 1. The number of aryl methyl sites for hydroxylation is 1. The third kappa shape index (κ3) is 4.82. The lowest BCUT2D eigenvalue weighted by Gasteiger charge is -2.10. The topological polar surface area (TPSA) is 67.4 Å². The molecule has 2 aromatic carbocycles. The van der Waals surface area contributed by atoms with Gasteiger partial charge in [-0.2, -0.15) is 0 Å². The summed E-state index contributed by atoms with van der Waals surface area (Å²) < 4.78 is 5.62. The molecule has 0 unspecified atom stereocenters. The van der Waals surface area contributed by atoms with Crippen LogP contribution in [-0.4, -0.2) is 25.5 Å². The molecule has 2 rings (SSSR count). The second kappa shape index (κ2) is 7.78. The van der Waals surface area contributed by atoms with Crippen LogP contribution in [0.5, 0.6) is 0 Å². The summed E-state index contributed by atoms with van der Waals surface area (Å²) in [7, 11) is 1.33. The van der Waals surface area contributed by atoms with Crippen molar-refractivity contribution in [3.05, 3.63) is 58.1 Å². The second-order valence-corrected chi connectivity index (χ2v) is 5.85. The van der Waals surface area contributed by atoms with Gasteiger partial charge >= 0.3 is 5.97 Å². The van der Waals surface area contributed by atoms with E-state index in [0.29, 0.717) is 11.3 Å². The highest BCUT2D eigenvalue weighted by Gasteiger charge is 2.07. The molecule has 2 aromatic rings. The fraction of sp³-hybridized carbons (Fsp3) is 0.176. The Balaban J connectivity index is 1.90. The van der Waals surface area contributed by atoms with Gasteiger partial charge in [-0.15, -0.1) is 0 Å². The summed E-state index contributed by atoms with van der Waals surface area (Å²) in [6, 6.07) is 12.3. The molecule has 0 aliphatic heterocycles. The number of anilines is 2. The van der Waals surface area contributed by atoms with E-state index in [-0.39, 0.29) is 12.5 Å². The highest BCUT2D eigenvalue weighted by Crippen LogP contribution is 2.19. The number of halogens is 1. The van der Waals surface area contributed by atoms with Crippen molar-refractivity contribution in [3.63, 3.8) is 0 Å². The first-order valence-electron chi connectivity index (χ1n) is 6.98. The van der Waals surface area contributed by atoms with Gasteiger partial charge in [0, 0.05) is 15.8 Å². The van der Waals surface area contributed by atoms with E-state index in [4.69, 9.17) is 0 Å². The molecule has 0 aliphatic carbocycles. The third-order valence-corrected chi connectivity index (χ3v) is 3.71. The van der Waals surface area contributed by atoms with Gasteiger partial charge in [-0.05, 0) is 55.0 Å². The molecular formula is C17H17BrN2O3. The van der Waals surface area contributed by atoms with Crippen LogP contribution in [0.25, 0.3) is 0 Å². The van der Waals surface area contributed by atoms with Crippen LogP contribution in [0.2, 0.25) is 0 Å². The lowest BCUT2D eigenvalue weighted by atomic mass is 10.2. The van der Waals surface area contributed by atoms with Crippen LogP contribution >= 0.6 is 15.9 Å². The molecule has 0 bridgehead atoms. The fourth-order valence-corrected chi connectivity index (χ4v) is 2.49. The second-order valence-electron chi connectivity index (χ2n) is 4.93. The molecule has 120 valence electrons. The Morgan fingerprint density at radius 3 is 2.43 bits per heavy atom. The molecule has 5 nitrogen and oxygen atoms in total. The number of methoxy groups -OCH3 is 1. The average Bonchev–Trinajstić information content (AvgIpc) is 2.54. The predicted octanol–water partition coefficient (Wildman–Crippen LogP) is 3.59. The van der Waals surface area contributed by atoms with Crippen molar-refractivity contribution in [3.8, 4) is 0 Å². The average molecular weight is 377 g/mol. The van der Waals surface area contributed by atoms with Gasteiger partial charge in [0.05, 0.1) is 19.2 Å². The Hall–Kier alpha value is -2.34. The first-order valence-corrected chi connectivity index (χ1v) is 7.77. The summed E-state index contributed by atoms with van der Waals surface area (Å²) in [5.41, 5.74) is 3.02. The normalized spacial score (nSPS) is 10.0. The predicted molar refractivity (Wildman–Crippen MR) is 93.8 cm³/mol. The molecule has 0 aliphatic rings. The number of carbonyl (C=O) groups excluding carboxylic acids is 2. The van der Waals surface area contributed by atoms with E-state index in [0.717, 1.165) is 15.7 Å². The molecule has 0 spiro atoms. The Kier molecular flexibility index (Phi) is 5.76. The van der Waals surface area contributed by atoms with Crippen LogP contribution < -0.4 is 10.6 Å². The number of benzene rings is 2. The maximum Gasteiger partial charge on any atom is 0.337 e. The quantitative estimate of drug-likeness (QED) is 0.782. The Labute approximate surface area is 143 Å². The van der Waals surface area contributed by atoms with Crippen LogP contribution in [0.3, 0.4) is 0 Å². The van der Waals surface area contributed by atoms with Crippen molar-refractivity contribution < 1.29 is 14.3 Å². The minimum Gasteiger partial charge on any atom is -0.465 e. The van der Waals surface area contributed by atoms with Gasteiger partial charge in [0.15, 0.2) is 0 Å². The van der Waals surface area contributed by atoms with Crippen LogP contribution in [-0.2, 0) is 9.53 Å². The highest BCUT2D eigenvalue weighted by atomic mass is 79.9. The molecule has 1 amide bonds. The van der Waals surface area contributed by atoms with Crippen LogP contribution in [0, 0.1) is 6.92 Å². The maximum atomic E-state index is 12.0. The Morgan fingerprint density at radius 2 is 1.83 bits per heavy atom. The molecule has 0 saturated carbocycles. The number of esters is 1. The number of carbonyl (C=O) groups is 2. The number of rotatable bonds is 5. The fourth-order valence-electron chi connectivity index (χ4n) is 2.01. The number of hydrogen-bond acceptors (Lipinski definition) is 4. The van der Waals surface area contributed by atoms with Crippen molar-refractivity contribution in [1.29, 1.82) is 0 Å². The lowest BCUT2D eigenvalue weighted by Crippen LogP contribution is -2.22. The van der Waals surface area contributed by atoms with E-state index < -0.39 is 5.97 Å². The summed E-state index contributed by atoms with van der Waals surface area (Å²) in [6.07, 6.45) is 0. The van der Waals surface area contributed by atoms with Crippen molar-refractivity contribution >= 4 is 39.2 Å². The summed E-state index contributed by atoms with van der Waals surface area (Å²) in [5, 5.41) is 5.86. The number of nitrogens with one attached hydrogen (secondary N) is 2. The Bertz CT molecular complexity index is 714. The highest BCUT2D eigenvalue weighted by molar-refractivity contribution is 9.10. The van der Waals surface area contributed by atoms with Crippen molar-refractivity contribution in [2.75, 3.05) is 24.3 Å². The molecule has 2 N–H and O–H groups in total. The largest absolute Gasteiger partial charge is 0.465 e. The molecule has 6 heteroatoms. The summed E-state index contributed by atoms with van der Waals surface area (Å²) >= 11 is 3.40. The minimum atomic E-state index is -0.407. The minimum absolute atomic E-state index is 0.154. The molecule has 0 aromatic heterocycles. The number of ether oxygens (including phenoxy) is 1. The zero-order chi connectivity index (χ0) is 16.8. The van der Waals surface area contributed by atoms with Gasteiger partial charge in [-0.1, -0.05) is 15.9 Å². The first-order chi connectivity index (χ1) is 11.0. The maximum absolute atomic E-state index is 12.0. The molecule has 0 fully saturated rings. The smallest absolute Gasteiger partial charge is 0.337 e. The molecule has 0 heterocycles. The van der Waals surface area contributed by atoms with E-state index in [2.05, 4.69) is 31.3 Å². The van der Waals surface area contributed by atoms with E-state index in [1.54, 1.807) is 24.3 Å². The zero-order valence-electron chi connectivity index (χ0n) is 12.9. The Morgan fingerprint density at radius 1 is 1.13 bits per heavy atom. The van der Waals surface area contributed by atoms with Gasteiger partial charge in [-0.25, -0.2) is 4.79 Å². The van der Waals surface area contributed by atoms with Gasteiger partial charge in [-0.3, -0.25) is 4.79 Å². The van der Waals surface area contributed by atoms with Gasteiger partial charge < -0.3 is 15.4 Å². The summed E-state index contributed by atoms with van der Waals surface area (Å²) in [4.78, 5) is 23.3. The zero-order valence-corrected chi connectivity index (χ0v) is 14.4. The summed E-state index contributed by atoms with van der Waals surface area (Å²) in [6.45, 7) is 2.12. The van der Waals surface area contributed by atoms with Crippen LogP contribution in [0.1, 0.15) is 15.9 Å². The van der Waals surface area contributed by atoms with Gasteiger partial charge in [0.2, 0.25) is 5.91 Å². The first kappa shape index (κ1) is 17.0. The molecular weight excluding hydrogens is 360 g/mol. The standard InChI is InChI=1S/C17H17BrN2O3/c1-11-9-13(18)5-8-15(11)19-10-16(21)20-14-6-3-12(4-7-14)17(22)23-2/h3-9,19H,10H2,1-2H3,(H,20,21). The lowest BCUT2D eigenvalue weighted by molar-refractivity contribution is -0.114. The van der Waals surface area contributed by atoms with Gasteiger partial charge in [0.1, 0.15) is 0 Å². The SMILES string of the molecule is COC(=O)c1ccc(NC(=O)CNc2ccc(Br)cc2C)cc1. The van der Waals surface area contributed by atoms with Gasteiger partial charge in [0.25, 0.3) is 0 Å². The molecule has 23 heavy (non-hydrogen) atoms. The van der Waals surface area contributed by atoms with Crippen LogP contribution in [0.4, 0.5) is 11.4 Å².